The van der Waals surface area contributed by atoms with Gasteiger partial charge in [0.25, 0.3) is 0 Å². The Balaban J connectivity index is 2.39. The average Bonchev–Trinajstić information content (AvgIpc) is 2.65. The lowest BCUT2D eigenvalue weighted by Gasteiger charge is -2.17. The standard InChI is InChI=1S/C10H19N3O2/c1-11-8-4-5-13(7-8)10(15)6-9(14)12(2)3/h8,11H,4-7H2,1-3H3. The molecule has 15 heavy (non-hydrogen) atoms. The summed E-state index contributed by atoms with van der Waals surface area (Å²) in [7, 11) is 5.22. The summed E-state index contributed by atoms with van der Waals surface area (Å²) < 4.78 is 0. The fourth-order valence-electron chi connectivity index (χ4n) is 1.62. The molecule has 0 saturated carbocycles. The molecule has 0 spiro atoms. The highest BCUT2D eigenvalue weighted by Crippen LogP contribution is 2.10. The molecule has 1 unspecified atom stereocenters. The van der Waals surface area contributed by atoms with Crippen molar-refractivity contribution in [1.82, 2.24) is 15.1 Å². The van der Waals surface area contributed by atoms with Crippen LogP contribution < -0.4 is 5.32 Å². The lowest BCUT2D eigenvalue weighted by Crippen LogP contribution is -2.36. The van der Waals surface area contributed by atoms with E-state index in [2.05, 4.69) is 5.32 Å². The molecular formula is C10H19N3O2. The Morgan fingerprint density at radius 1 is 1.47 bits per heavy atom. The second-order valence-corrected chi connectivity index (χ2v) is 4.08. The Labute approximate surface area is 90.4 Å². The third-order valence-corrected chi connectivity index (χ3v) is 2.75. The number of hydrogen-bond acceptors (Lipinski definition) is 3. The first-order chi connectivity index (χ1) is 7.04. The van der Waals surface area contributed by atoms with Gasteiger partial charge in [-0.05, 0) is 13.5 Å². The number of nitrogens with one attached hydrogen (secondary N) is 1. The van der Waals surface area contributed by atoms with Gasteiger partial charge in [0.1, 0.15) is 6.42 Å². The van der Waals surface area contributed by atoms with E-state index in [9.17, 15) is 9.59 Å². The third-order valence-electron chi connectivity index (χ3n) is 2.75. The Kier molecular flexibility index (Phi) is 4.08. The van der Waals surface area contributed by atoms with Crippen LogP contribution in [-0.2, 0) is 9.59 Å². The average molecular weight is 213 g/mol. The van der Waals surface area contributed by atoms with E-state index in [1.54, 1.807) is 19.0 Å². The molecule has 1 heterocycles. The molecule has 2 amide bonds. The first kappa shape index (κ1) is 12.0. The molecular weight excluding hydrogens is 194 g/mol. The summed E-state index contributed by atoms with van der Waals surface area (Å²) in [6.45, 7) is 1.47. The number of likely N-dealkylation sites (tertiary alicyclic amines) is 1. The van der Waals surface area contributed by atoms with E-state index < -0.39 is 0 Å². The largest absolute Gasteiger partial charge is 0.348 e. The van der Waals surface area contributed by atoms with Gasteiger partial charge in [0.2, 0.25) is 11.8 Å². The van der Waals surface area contributed by atoms with Crippen molar-refractivity contribution in [2.75, 3.05) is 34.2 Å². The van der Waals surface area contributed by atoms with Crippen molar-refractivity contribution in [2.24, 2.45) is 0 Å². The van der Waals surface area contributed by atoms with Gasteiger partial charge in [-0.3, -0.25) is 9.59 Å². The normalized spacial score (nSPS) is 20.5. The lowest BCUT2D eigenvalue weighted by molar-refractivity contribution is -0.138. The highest BCUT2D eigenvalue weighted by molar-refractivity contribution is 5.96. The van der Waals surface area contributed by atoms with Gasteiger partial charge in [-0.1, -0.05) is 0 Å². The van der Waals surface area contributed by atoms with Gasteiger partial charge < -0.3 is 15.1 Å². The molecule has 5 nitrogen and oxygen atoms in total. The molecule has 1 N–H and O–H groups in total. The number of hydrogen-bond donors (Lipinski definition) is 1. The van der Waals surface area contributed by atoms with Crippen molar-refractivity contribution in [3.05, 3.63) is 0 Å². The van der Waals surface area contributed by atoms with Crippen LogP contribution in [0.2, 0.25) is 0 Å². The van der Waals surface area contributed by atoms with Crippen LogP contribution in [-0.4, -0.2) is 61.9 Å². The number of rotatable bonds is 3. The van der Waals surface area contributed by atoms with Crippen LogP contribution in [0, 0.1) is 0 Å². The van der Waals surface area contributed by atoms with E-state index in [0.717, 1.165) is 19.5 Å². The molecule has 86 valence electrons. The number of nitrogens with zero attached hydrogens (tertiary/aromatic N) is 2. The molecule has 0 bridgehead atoms. The summed E-state index contributed by atoms with van der Waals surface area (Å²) in [5.74, 6) is -0.195. The van der Waals surface area contributed by atoms with Crippen molar-refractivity contribution in [3.8, 4) is 0 Å². The minimum Gasteiger partial charge on any atom is -0.348 e. The SMILES string of the molecule is CNC1CCN(C(=O)CC(=O)N(C)C)C1. The quantitative estimate of drug-likeness (QED) is 0.630. The molecule has 0 radical (unpaired) electrons. The van der Waals surface area contributed by atoms with E-state index in [1.807, 2.05) is 7.05 Å². The first-order valence-electron chi connectivity index (χ1n) is 5.19. The number of carbonyl (C=O) groups excluding carboxylic acids is 2. The molecule has 1 aliphatic rings. The molecule has 1 saturated heterocycles. The van der Waals surface area contributed by atoms with Crippen molar-refractivity contribution < 1.29 is 9.59 Å². The van der Waals surface area contributed by atoms with Gasteiger partial charge in [0, 0.05) is 33.2 Å². The monoisotopic (exact) mass is 213 g/mol. The predicted octanol–water partition coefficient (Wildman–Crippen LogP) is -0.715. The van der Waals surface area contributed by atoms with Gasteiger partial charge in [0.15, 0.2) is 0 Å². The molecule has 0 aliphatic carbocycles. The number of carbonyl (C=O) groups is 2. The fourth-order valence-corrected chi connectivity index (χ4v) is 1.62. The number of likely N-dealkylation sites (N-methyl/N-ethyl adjacent to an activating group) is 1. The maximum absolute atomic E-state index is 11.7. The summed E-state index contributed by atoms with van der Waals surface area (Å²) in [4.78, 5) is 26.2. The van der Waals surface area contributed by atoms with Crippen LogP contribution >= 0.6 is 0 Å². The second-order valence-electron chi connectivity index (χ2n) is 4.08. The topological polar surface area (TPSA) is 52.7 Å². The molecule has 1 aliphatic heterocycles. The number of amides is 2. The molecule has 1 atom stereocenters. The summed E-state index contributed by atoms with van der Waals surface area (Å²) in [6.07, 6.45) is 0.960. The van der Waals surface area contributed by atoms with E-state index in [4.69, 9.17) is 0 Å². The molecule has 0 aromatic rings. The van der Waals surface area contributed by atoms with Gasteiger partial charge in [-0.25, -0.2) is 0 Å². The zero-order valence-corrected chi connectivity index (χ0v) is 9.62. The third kappa shape index (κ3) is 3.20. The fraction of sp³-hybridized carbons (Fsp3) is 0.800. The van der Waals surface area contributed by atoms with Crippen LogP contribution in [0.25, 0.3) is 0 Å². The summed E-state index contributed by atoms with van der Waals surface area (Å²) >= 11 is 0. The maximum Gasteiger partial charge on any atom is 0.232 e. The smallest absolute Gasteiger partial charge is 0.232 e. The van der Waals surface area contributed by atoms with Gasteiger partial charge in [-0.2, -0.15) is 0 Å². The minimum absolute atomic E-state index is 0.0105. The first-order valence-corrected chi connectivity index (χ1v) is 5.19. The van der Waals surface area contributed by atoms with Crippen molar-refractivity contribution in [3.63, 3.8) is 0 Å². The molecule has 1 fully saturated rings. The van der Waals surface area contributed by atoms with Gasteiger partial charge >= 0.3 is 0 Å². The minimum atomic E-state index is -0.132. The molecule has 1 rings (SSSR count). The zero-order chi connectivity index (χ0) is 11.4. The van der Waals surface area contributed by atoms with Crippen molar-refractivity contribution in [1.29, 1.82) is 0 Å². The van der Waals surface area contributed by atoms with E-state index >= 15 is 0 Å². The van der Waals surface area contributed by atoms with Crippen LogP contribution in [0.15, 0.2) is 0 Å². The molecule has 0 aromatic carbocycles. The highest BCUT2D eigenvalue weighted by atomic mass is 16.2. The Bertz CT molecular complexity index is 253. The van der Waals surface area contributed by atoms with Gasteiger partial charge in [0.05, 0.1) is 0 Å². The van der Waals surface area contributed by atoms with Crippen LogP contribution in [0.3, 0.4) is 0 Å². The van der Waals surface area contributed by atoms with Gasteiger partial charge in [-0.15, -0.1) is 0 Å². The van der Waals surface area contributed by atoms with Crippen LogP contribution in [0.1, 0.15) is 12.8 Å². The Morgan fingerprint density at radius 2 is 2.13 bits per heavy atom. The highest BCUT2D eigenvalue weighted by Gasteiger charge is 2.26. The summed E-state index contributed by atoms with van der Waals surface area (Å²) in [5, 5.41) is 3.14. The van der Waals surface area contributed by atoms with Crippen LogP contribution in [0.5, 0.6) is 0 Å². The summed E-state index contributed by atoms with van der Waals surface area (Å²) in [5.41, 5.74) is 0. The van der Waals surface area contributed by atoms with E-state index in [1.165, 1.54) is 4.90 Å². The molecule has 5 heteroatoms. The van der Waals surface area contributed by atoms with E-state index in [0.29, 0.717) is 6.04 Å². The zero-order valence-electron chi connectivity index (χ0n) is 9.62. The summed E-state index contributed by atoms with van der Waals surface area (Å²) in [6, 6.07) is 0.378. The second kappa shape index (κ2) is 5.11. The lowest BCUT2D eigenvalue weighted by atomic mass is 10.3. The molecule has 0 aromatic heterocycles. The Morgan fingerprint density at radius 3 is 2.60 bits per heavy atom. The van der Waals surface area contributed by atoms with Crippen molar-refractivity contribution >= 4 is 11.8 Å². The van der Waals surface area contributed by atoms with Crippen LogP contribution in [0.4, 0.5) is 0 Å². The Hall–Kier alpha value is -1.10. The van der Waals surface area contributed by atoms with E-state index in [-0.39, 0.29) is 18.2 Å². The van der Waals surface area contributed by atoms with Crippen molar-refractivity contribution in [2.45, 2.75) is 18.9 Å². The predicted molar refractivity (Wildman–Crippen MR) is 57.4 cm³/mol. The maximum atomic E-state index is 11.7.